The molecule has 4 aromatic rings. The number of aryl methyl sites for hydroxylation is 1. The SMILES string of the molecule is Cn1c(=N/N=C(\c2ccc(O)cc2)c2ccc(F)cc2)sc2ccccc21. The van der Waals surface area contributed by atoms with Crippen molar-refractivity contribution in [3.05, 3.63) is 94.5 Å². The number of benzene rings is 3. The van der Waals surface area contributed by atoms with Crippen LogP contribution in [0, 0.1) is 5.82 Å². The number of rotatable bonds is 3. The molecule has 0 bridgehead atoms. The first-order chi connectivity index (χ1) is 13.1. The first-order valence-electron chi connectivity index (χ1n) is 8.33. The Morgan fingerprint density at radius 2 is 1.56 bits per heavy atom. The highest BCUT2D eigenvalue weighted by atomic mass is 32.1. The van der Waals surface area contributed by atoms with Gasteiger partial charge in [0.25, 0.3) is 0 Å². The minimum Gasteiger partial charge on any atom is -0.508 e. The number of phenols is 1. The number of hydrogen-bond acceptors (Lipinski definition) is 4. The minimum atomic E-state index is -0.309. The molecule has 0 spiro atoms. The van der Waals surface area contributed by atoms with Crippen molar-refractivity contribution >= 4 is 27.3 Å². The number of aromatic nitrogens is 1. The smallest absolute Gasteiger partial charge is 0.211 e. The van der Waals surface area contributed by atoms with Crippen molar-refractivity contribution in [1.29, 1.82) is 0 Å². The fourth-order valence-corrected chi connectivity index (χ4v) is 3.75. The molecular formula is C21H16FN3OS. The van der Waals surface area contributed by atoms with E-state index in [2.05, 4.69) is 10.2 Å². The fourth-order valence-electron chi connectivity index (χ4n) is 2.78. The minimum absolute atomic E-state index is 0.171. The molecule has 1 heterocycles. The van der Waals surface area contributed by atoms with Crippen LogP contribution in [0.5, 0.6) is 5.75 Å². The normalized spacial score (nSPS) is 12.7. The molecule has 6 heteroatoms. The van der Waals surface area contributed by atoms with E-state index in [0.717, 1.165) is 26.1 Å². The van der Waals surface area contributed by atoms with Gasteiger partial charge in [-0.3, -0.25) is 0 Å². The Morgan fingerprint density at radius 1 is 0.926 bits per heavy atom. The van der Waals surface area contributed by atoms with Crippen LogP contribution in [-0.4, -0.2) is 15.4 Å². The summed E-state index contributed by atoms with van der Waals surface area (Å²) in [4.78, 5) is 0.759. The van der Waals surface area contributed by atoms with Crippen LogP contribution in [0.3, 0.4) is 0 Å². The average Bonchev–Trinajstić information content (AvgIpc) is 3.01. The molecule has 0 radical (unpaired) electrons. The Balaban J connectivity index is 1.87. The molecule has 0 saturated carbocycles. The lowest BCUT2D eigenvalue weighted by Gasteiger charge is -2.06. The Bertz CT molecular complexity index is 1140. The van der Waals surface area contributed by atoms with E-state index in [4.69, 9.17) is 0 Å². The lowest BCUT2D eigenvalue weighted by Crippen LogP contribution is -2.10. The maximum absolute atomic E-state index is 13.3. The predicted molar refractivity (Wildman–Crippen MR) is 107 cm³/mol. The summed E-state index contributed by atoms with van der Waals surface area (Å²) in [6.07, 6.45) is 0. The van der Waals surface area contributed by atoms with E-state index in [9.17, 15) is 9.50 Å². The zero-order valence-electron chi connectivity index (χ0n) is 14.5. The van der Waals surface area contributed by atoms with Gasteiger partial charge in [0.05, 0.1) is 10.2 Å². The van der Waals surface area contributed by atoms with Crippen LogP contribution in [0.1, 0.15) is 11.1 Å². The number of para-hydroxylation sites is 1. The number of hydrogen-bond donors (Lipinski definition) is 1. The molecular weight excluding hydrogens is 361 g/mol. The molecule has 0 amide bonds. The van der Waals surface area contributed by atoms with Crippen LogP contribution in [0.25, 0.3) is 10.2 Å². The third kappa shape index (κ3) is 3.52. The number of fused-ring (bicyclic) bond motifs is 1. The highest BCUT2D eigenvalue weighted by Crippen LogP contribution is 2.17. The summed E-state index contributed by atoms with van der Waals surface area (Å²) in [7, 11) is 1.95. The molecule has 0 unspecified atom stereocenters. The first-order valence-corrected chi connectivity index (χ1v) is 9.15. The van der Waals surface area contributed by atoms with Crippen molar-refractivity contribution in [1.82, 2.24) is 4.57 Å². The van der Waals surface area contributed by atoms with Crippen molar-refractivity contribution in [2.75, 3.05) is 0 Å². The quantitative estimate of drug-likeness (QED) is 0.416. The molecule has 0 saturated heterocycles. The van der Waals surface area contributed by atoms with Gasteiger partial charge in [0, 0.05) is 18.2 Å². The summed E-state index contributed by atoms with van der Waals surface area (Å²) in [5, 5.41) is 18.5. The van der Waals surface area contributed by atoms with Crippen LogP contribution in [0.2, 0.25) is 0 Å². The van der Waals surface area contributed by atoms with Crippen molar-refractivity contribution < 1.29 is 9.50 Å². The molecule has 134 valence electrons. The average molecular weight is 377 g/mol. The van der Waals surface area contributed by atoms with E-state index >= 15 is 0 Å². The second-order valence-electron chi connectivity index (χ2n) is 6.01. The third-order valence-electron chi connectivity index (χ3n) is 4.21. The molecule has 3 aromatic carbocycles. The van der Waals surface area contributed by atoms with Crippen LogP contribution in [0.4, 0.5) is 4.39 Å². The van der Waals surface area contributed by atoms with E-state index in [1.807, 2.05) is 35.9 Å². The Hall–Kier alpha value is -3.25. The zero-order valence-corrected chi connectivity index (χ0v) is 15.3. The number of thiazole rings is 1. The fraction of sp³-hybridized carbons (Fsp3) is 0.0476. The summed E-state index contributed by atoms with van der Waals surface area (Å²) < 4.78 is 16.4. The molecule has 0 fully saturated rings. The predicted octanol–water partition coefficient (Wildman–Crippen LogP) is 4.44. The Kier molecular flexibility index (Phi) is 4.56. The molecule has 0 aliphatic heterocycles. The van der Waals surface area contributed by atoms with E-state index in [-0.39, 0.29) is 11.6 Å². The number of aromatic hydroxyl groups is 1. The van der Waals surface area contributed by atoms with Crippen molar-refractivity contribution in [2.24, 2.45) is 17.3 Å². The summed E-state index contributed by atoms with van der Waals surface area (Å²) in [5.74, 6) is -0.137. The van der Waals surface area contributed by atoms with E-state index in [1.54, 1.807) is 47.7 Å². The Labute approximate surface area is 159 Å². The van der Waals surface area contributed by atoms with E-state index in [1.165, 1.54) is 12.1 Å². The molecule has 0 aliphatic carbocycles. The van der Waals surface area contributed by atoms with E-state index < -0.39 is 0 Å². The van der Waals surface area contributed by atoms with Gasteiger partial charge in [0.15, 0.2) is 0 Å². The third-order valence-corrected chi connectivity index (χ3v) is 5.31. The van der Waals surface area contributed by atoms with Gasteiger partial charge in [0.1, 0.15) is 17.3 Å². The van der Waals surface area contributed by atoms with Gasteiger partial charge in [-0.15, -0.1) is 10.2 Å². The lowest BCUT2D eigenvalue weighted by atomic mass is 10.0. The summed E-state index contributed by atoms with van der Waals surface area (Å²) in [6.45, 7) is 0. The first kappa shape index (κ1) is 17.2. The molecule has 4 rings (SSSR count). The maximum Gasteiger partial charge on any atom is 0.211 e. The molecule has 1 aromatic heterocycles. The lowest BCUT2D eigenvalue weighted by molar-refractivity contribution is 0.475. The molecule has 27 heavy (non-hydrogen) atoms. The van der Waals surface area contributed by atoms with Crippen LogP contribution in [-0.2, 0) is 7.05 Å². The van der Waals surface area contributed by atoms with Gasteiger partial charge >= 0.3 is 0 Å². The van der Waals surface area contributed by atoms with E-state index in [0.29, 0.717) is 5.71 Å². The highest BCUT2D eigenvalue weighted by molar-refractivity contribution is 7.16. The maximum atomic E-state index is 13.3. The summed E-state index contributed by atoms with van der Waals surface area (Å²) in [6, 6.07) is 20.9. The van der Waals surface area contributed by atoms with Gasteiger partial charge in [-0.25, -0.2) is 4.39 Å². The standard InChI is InChI=1S/C21H16FN3OS/c1-25-18-4-2-3-5-19(18)27-21(25)24-23-20(14-6-10-16(22)11-7-14)15-8-12-17(26)13-9-15/h2-13,26H,1H3/b23-20-,24-21?. The van der Waals surface area contributed by atoms with Gasteiger partial charge in [-0.2, -0.15) is 0 Å². The van der Waals surface area contributed by atoms with Gasteiger partial charge in [0.2, 0.25) is 4.80 Å². The second-order valence-corrected chi connectivity index (χ2v) is 7.02. The van der Waals surface area contributed by atoms with Crippen LogP contribution < -0.4 is 4.80 Å². The molecule has 4 nitrogen and oxygen atoms in total. The second kappa shape index (κ2) is 7.17. The zero-order chi connectivity index (χ0) is 18.8. The summed E-state index contributed by atoms with van der Waals surface area (Å²) >= 11 is 1.55. The molecule has 1 N–H and O–H groups in total. The van der Waals surface area contributed by atoms with Gasteiger partial charge in [-0.1, -0.05) is 23.5 Å². The van der Waals surface area contributed by atoms with Crippen molar-refractivity contribution in [3.8, 4) is 5.75 Å². The number of phenolic OH excluding ortho intramolecular Hbond substituents is 1. The number of nitrogens with zero attached hydrogens (tertiary/aromatic N) is 3. The topological polar surface area (TPSA) is 49.9 Å². The van der Waals surface area contributed by atoms with Crippen molar-refractivity contribution in [3.63, 3.8) is 0 Å². The van der Waals surface area contributed by atoms with Gasteiger partial charge < -0.3 is 9.67 Å². The van der Waals surface area contributed by atoms with Crippen LogP contribution in [0.15, 0.2) is 83.0 Å². The monoisotopic (exact) mass is 377 g/mol. The molecule has 0 atom stereocenters. The van der Waals surface area contributed by atoms with Gasteiger partial charge in [-0.05, 0) is 60.7 Å². The highest BCUT2D eigenvalue weighted by Gasteiger charge is 2.08. The summed E-state index contributed by atoms with van der Waals surface area (Å²) in [5.41, 5.74) is 3.22. The Morgan fingerprint density at radius 3 is 2.22 bits per heavy atom. The van der Waals surface area contributed by atoms with Crippen molar-refractivity contribution in [2.45, 2.75) is 0 Å². The number of halogens is 1. The van der Waals surface area contributed by atoms with Crippen LogP contribution >= 0.6 is 11.3 Å². The largest absolute Gasteiger partial charge is 0.508 e. The molecule has 0 aliphatic rings.